The van der Waals surface area contributed by atoms with Gasteiger partial charge in [-0.05, 0) is 122 Å². The van der Waals surface area contributed by atoms with E-state index in [1.807, 2.05) is 6.07 Å². The molecule has 3 heteroatoms. The lowest BCUT2D eigenvalue weighted by atomic mass is 9.64. The van der Waals surface area contributed by atoms with Crippen molar-refractivity contribution in [2.75, 3.05) is 9.80 Å². The van der Waals surface area contributed by atoms with Crippen molar-refractivity contribution in [1.29, 1.82) is 0 Å². The molecule has 0 unspecified atom stereocenters. The van der Waals surface area contributed by atoms with Crippen molar-refractivity contribution in [3.8, 4) is 44.5 Å². The smallest absolute Gasteiger partial charge is 0.143 e. The lowest BCUT2D eigenvalue weighted by Gasteiger charge is -2.45. The van der Waals surface area contributed by atoms with Gasteiger partial charge in [0.25, 0.3) is 0 Å². The molecule has 3 nitrogen and oxygen atoms in total. The third kappa shape index (κ3) is 6.01. The number of furan rings is 1. The number of nitrogens with zero attached hydrogens (tertiary/aromatic N) is 2. The Morgan fingerprint density at radius 3 is 1.67 bits per heavy atom. The minimum Gasteiger partial charge on any atom is -0.455 e. The van der Waals surface area contributed by atoms with Crippen molar-refractivity contribution < 1.29 is 4.42 Å². The highest BCUT2D eigenvalue weighted by Crippen LogP contribution is 2.64. The van der Waals surface area contributed by atoms with Gasteiger partial charge >= 0.3 is 0 Å². The van der Waals surface area contributed by atoms with Crippen LogP contribution in [0.25, 0.3) is 66.4 Å². The molecule has 1 aromatic heterocycles. The molecule has 0 N–H and O–H groups in total. The topological polar surface area (TPSA) is 19.6 Å². The summed E-state index contributed by atoms with van der Waals surface area (Å²) in [5.74, 6) is 0. The van der Waals surface area contributed by atoms with Crippen LogP contribution in [0.5, 0.6) is 0 Å². The number of benzene rings is 11. The Kier molecular flexibility index (Phi) is 9.11. The lowest BCUT2D eigenvalue weighted by molar-refractivity contribution is 0.670. The first-order valence-electron chi connectivity index (χ1n) is 24.1. The standard InChI is InChI=1S/C67H44N2O/c1-3-20-45(21-4-1)46-22-17-23-47(42-46)52-28-8-13-36-62(52)68(50-27-18-24-48(43-50)53-31-19-32-57-56-30-9-16-39-65(56)70-66(53)57)51-40-41-55-54-29-7-10-33-58(54)67(61(55)44-51)59-34-11-14-37-63(59)69(49-25-5-2-6-26-49)64-38-15-12-35-60(64)67/h1-44H. The summed E-state index contributed by atoms with van der Waals surface area (Å²) in [4.78, 5) is 4.92. The highest BCUT2D eigenvalue weighted by Gasteiger charge is 2.52. The number of fused-ring (bicyclic) bond motifs is 12. The Morgan fingerprint density at radius 1 is 0.329 bits per heavy atom. The fraction of sp³-hybridized carbons (Fsp3) is 0.0149. The molecule has 1 aliphatic carbocycles. The Bertz CT molecular complexity index is 3930. The summed E-state index contributed by atoms with van der Waals surface area (Å²) in [5.41, 5.74) is 22.2. The summed E-state index contributed by atoms with van der Waals surface area (Å²) in [6.07, 6.45) is 0. The molecule has 12 aromatic rings. The van der Waals surface area contributed by atoms with Gasteiger partial charge in [-0.2, -0.15) is 0 Å². The molecule has 1 spiro atoms. The van der Waals surface area contributed by atoms with E-state index in [0.29, 0.717) is 0 Å². The van der Waals surface area contributed by atoms with E-state index >= 15 is 0 Å². The summed E-state index contributed by atoms with van der Waals surface area (Å²) in [5, 5.41) is 2.23. The second-order valence-corrected chi connectivity index (χ2v) is 18.4. The van der Waals surface area contributed by atoms with Gasteiger partial charge in [-0.15, -0.1) is 0 Å². The van der Waals surface area contributed by atoms with Crippen LogP contribution in [-0.2, 0) is 5.41 Å². The van der Waals surface area contributed by atoms with Crippen LogP contribution >= 0.6 is 0 Å². The second kappa shape index (κ2) is 16.0. The monoisotopic (exact) mass is 892 g/mol. The van der Waals surface area contributed by atoms with Crippen molar-refractivity contribution in [3.05, 3.63) is 289 Å². The maximum Gasteiger partial charge on any atom is 0.143 e. The van der Waals surface area contributed by atoms with E-state index in [2.05, 4.69) is 271 Å². The predicted octanol–water partition coefficient (Wildman–Crippen LogP) is 18.2. The SMILES string of the molecule is c1ccc(-c2cccc(-c3ccccc3N(c3cccc(-c4cccc5c4oc4ccccc45)c3)c3ccc4c(c3)C3(c5ccccc5-4)c4ccccc4N(c4ccccc4)c4ccccc43)c2)cc1. The van der Waals surface area contributed by atoms with Gasteiger partial charge in [-0.1, -0.05) is 200 Å². The maximum absolute atomic E-state index is 6.65. The average Bonchev–Trinajstić information content (AvgIpc) is 3.96. The van der Waals surface area contributed by atoms with E-state index in [9.17, 15) is 0 Å². The van der Waals surface area contributed by atoms with Crippen molar-refractivity contribution in [1.82, 2.24) is 0 Å². The fourth-order valence-corrected chi connectivity index (χ4v) is 11.7. The fourth-order valence-electron chi connectivity index (χ4n) is 11.7. The van der Waals surface area contributed by atoms with Gasteiger partial charge in [0.2, 0.25) is 0 Å². The molecule has 14 rings (SSSR count). The van der Waals surface area contributed by atoms with Gasteiger partial charge < -0.3 is 14.2 Å². The van der Waals surface area contributed by atoms with Crippen molar-refractivity contribution >= 4 is 56.1 Å². The van der Waals surface area contributed by atoms with Crippen LogP contribution in [0.4, 0.5) is 34.1 Å². The number of rotatable bonds is 7. The van der Waals surface area contributed by atoms with Crippen LogP contribution < -0.4 is 9.80 Å². The summed E-state index contributed by atoms with van der Waals surface area (Å²) in [7, 11) is 0. The molecule has 0 amide bonds. The van der Waals surface area contributed by atoms with Crippen LogP contribution in [0.2, 0.25) is 0 Å². The van der Waals surface area contributed by atoms with Crippen LogP contribution in [0.15, 0.2) is 271 Å². The van der Waals surface area contributed by atoms with E-state index in [1.54, 1.807) is 0 Å². The first-order chi connectivity index (χ1) is 34.7. The maximum atomic E-state index is 6.65. The molecule has 0 atom stereocenters. The Hall–Kier alpha value is -9.18. The Labute approximate surface area is 407 Å². The van der Waals surface area contributed by atoms with E-state index in [-0.39, 0.29) is 0 Å². The molecule has 2 aliphatic rings. The number of hydrogen-bond donors (Lipinski definition) is 0. The minimum atomic E-state index is -0.617. The average molecular weight is 893 g/mol. The van der Waals surface area contributed by atoms with Crippen molar-refractivity contribution in [2.24, 2.45) is 0 Å². The Morgan fingerprint density at radius 2 is 0.871 bits per heavy atom. The number of hydrogen-bond acceptors (Lipinski definition) is 3. The van der Waals surface area contributed by atoms with Gasteiger partial charge in [-0.25, -0.2) is 0 Å². The molecule has 1 aliphatic heterocycles. The zero-order valence-electron chi connectivity index (χ0n) is 38.2. The van der Waals surface area contributed by atoms with Crippen LogP contribution in [0, 0.1) is 0 Å². The molecule has 328 valence electrons. The van der Waals surface area contributed by atoms with Gasteiger partial charge in [0.05, 0.1) is 22.5 Å². The second-order valence-electron chi connectivity index (χ2n) is 18.4. The molecular formula is C67H44N2O. The molecule has 0 saturated carbocycles. The summed E-state index contributed by atoms with van der Waals surface area (Å²) in [6, 6.07) is 97.4. The zero-order valence-corrected chi connectivity index (χ0v) is 38.2. The first kappa shape index (κ1) is 39.9. The van der Waals surface area contributed by atoms with E-state index < -0.39 is 5.41 Å². The van der Waals surface area contributed by atoms with Crippen molar-refractivity contribution in [2.45, 2.75) is 5.41 Å². The molecular weight excluding hydrogens is 849 g/mol. The predicted molar refractivity (Wildman–Crippen MR) is 290 cm³/mol. The molecule has 0 bridgehead atoms. The molecule has 70 heavy (non-hydrogen) atoms. The van der Waals surface area contributed by atoms with Gasteiger partial charge in [0.1, 0.15) is 11.2 Å². The van der Waals surface area contributed by atoms with Crippen LogP contribution in [0.1, 0.15) is 22.3 Å². The molecule has 0 saturated heterocycles. The van der Waals surface area contributed by atoms with Gasteiger partial charge in [-0.3, -0.25) is 0 Å². The van der Waals surface area contributed by atoms with Crippen LogP contribution in [-0.4, -0.2) is 0 Å². The van der Waals surface area contributed by atoms with Crippen molar-refractivity contribution in [3.63, 3.8) is 0 Å². The third-order valence-electron chi connectivity index (χ3n) is 14.6. The molecule has 0 fully saturated rings. The van der Waals surface area contributed by atoms with E-state index in [0.717, 1.165) is 66.9 Å². The van der Waals surface area contributed by atoms with E-state index in [1.165, 1.54) is 55.9 Å². The summed E-state index contributed by atoms with van der Waals surface area (Å²) in [6.45, 7) is 0. The summed E-state index contributed by atoms with van der Waals surface area (Å²) >= 11 is 0. The van der Waals surface area contributed by atoms with E-state index in [4.69, 9.17) is 4.42 Å². The normalized spacial score (nSPS) is 12.9. The largest absolute Gasteiger partial charge is 0.455 e. The van der Waals surface area contributed by atoms with Gasteiger partial charge in [0, 0.05) is 39.0 Å². The third-order valence-corrected chi connectivity index (χ3v) is 14.6. The minimum absolute atomic E-state index is 0.617. The zero-order chi connectivity index (χ0) is 46.2. The number of para-hydroxylation sites is 6. The highest BCUT2D eigenvalue weighted by molar-refractivity contribution is 6.10. The quantitative estimate of drug-likeness (QED) is 0.159. The van der Waals surface area contributed by atoms with Gasteiger partial charge in [0.15, 0.2) is 0 Å². The highest BCUT2D eigenvalue weighted by atomic mass is 16.3. The molecule has 11 aromatic carbocycles. The first-order valence-corrected chi connectivity index (χ1v) is 24.1. The Balaban J connectivity index is 1.02. The number of anilines is 6. The summed E-state index contributed by atoms with van der Waals surface area (Å²) < 4.78 is 6.65. The lowest BCUT2D eigenvalue weighted by Crippen LogP contribution is -2.36. The van der Waals surface area contributed by atoms with Crippen LogP contribution in [0.3, 0.4) is 0 Å². The molecule has 0 radical (unpaired) electrons. The molecule has 2 heterocycles.